The molecule has 0 unspecified atom stereocenters. The van der Waals surface area contributed by atoms with Gasteiger partial charge in [-0.05, 0) is 36.0 Å². The summed E-state index contributed by atoms with van der Waals surface area (Å²) < 4.78 is 6.74. The predicted molar refractivity (Wildman–Crippen MR) is 78.0 cm³/mol. The highest BCUT2D eigenvalue weighted by Gasteiger charge is 2.46. The molecule has 0 bridgehead atoms. The van der Waals surface area contributed by atoms with Crippen molar-refractivity contribution in [2.45, 2.75) is 77.1 Å². The van der Waals surface area contributed by atoms with Gasteiger partial charge in [0, 0.05) is 6.54 Å². The highest BCUT2D eigenvalue weighted by Crippen LogP contribution is 2.43. The van der Waals surface area contributed by atoms with Gasteiger partial charge in [-0.2, -0.15) is 0 Å². The van der Waals surface area contributed by atoms with Crippen molar-refractivity contribution in [3.8, 4) is 0 Å². The lowest BCUT2D eigenvalue weighted by Crippen LogP contribution is -2.52. The molecule has 1 saturated heterocycles. The van der Waals surface area contributed by atoms with Crippen LogP contribution in [-0.2, 0) is 4.43 Å². The van der Waals surface area contributed by atoms with E-state index in [0.29, 0.717) is 22.7 Å². The van der Waals surface area contributed by atoms with Gasteiger partial charge in [0.25, 0.3) is 0 Å². The molecule has 1 heterocycles. The Morgan fingerprint density at radius 2 is 1.53 bits per heavy atom. The third-order valence-corrected chi connectivity index (χ3v) is 10.5. The third-order valence-electron chi connectivity index (χ3n) is 4.33. The van der Waals surface area contributed by atoms with E-state index in [0.717, 1.165) is 6.54 Å². The summed E-state index contributed by atoms with van der Waals surface area (Å²) in [5.74, 6) is 0. The summed E-state index contributed by atoms with van der Waals surface area (Å²) in [5, 5.41) is 3.47. The van der Waals surface area contributed by atoms with Gasteiger partial charge in [0.15, 0.2) is 0 Å². The first-order valence-electron chi connectivity index (χ1n) is 7.29. The Morgan fingerprint density at radius 3 is 1.88 bits per heavy atom. The second kappa shape index (κ2) is 6.35. The molecule has 0 radical (unpaired) electrons. The molecule has 2 nitrogen and oxygen atoms in total. The van der Waals surface area contributed by atoms with Gasteiger partial charge in [-0.1, -0.05) is 41.5 Å². The molecule has 1 rings (SSSR count). The first-order valence-corrected chi connectivity index (χ1v) is 9.43. The van der Waals surface area contributed by atoms with E-state index in [1.165, 1.54) is 19.4 Å². The second-order valence-electron chi connectivity index (χ2n) is 6.40. The zero-order valence-corrected chi connectivity index (χ0v) is 13.5. The minimum atomic E-state index is -1.65. The maximum Gasteiger partial charge on any atom is 0.200 e. The van der Waals surface area contributed by atoms with Crippen molar-refractivity contribution in [1.29, 1.82) is 0 Å². The molecule has 1 N–H and O–H groups in total. The summed E-state index contributed by atoms with van der Waals surface area (Å²) in [6.45, 7) is 16.4. The van der Waals surface area contributed by atoms with Crippen LogP contribution in [0.3, 0.4) is 0 Å². The predicted octanol–water partition coefficient (Wildman–Crippen LogP) is 3.93. The van der Waals surface area contributed by atoms with Gasteiger partial charge < -0.3 is 9.74 Å². The smallest absolute Gasteiger partial charge is 0.200 e. The molecule has 0 saturated carbocycles. The summed E-state index contributed by atoms with van der Waals surface area (Å²) in [7, 11) is -1.65. The molecule has 1 atom stereocenters. The van der Waals surface area contributed by atoms with Crippen LogP contribution in [0.4, 0.5) is 0 Å². The fourth-order valence-corrected chi connectivity index (χ4v) is 9.21. The lowest BCUT2D eigenvalue weighted by molar-refractivity contribution is 0.143. The topological polar surface area (TPSA) is 21.3 Å². The van der Waals surface area contributed by atoms with E-state index in [1.54, 1.807) is 0 Å². The number of nitrogens with one attached hydrogen (secondary N) is 1. The SMILES string of the molecule is CC(C)[Si](O[C@@H]1CCCNC1)(C(C)C)C(C)C. The normalized spacial score (nSPS) is 22.8. The standard InChI is InChI=1S/C14H31NOSi/c1-11(2)17(12(3)4,13(5)6)16-14-8-7-9-15-10-14/h11-15H,7-10H2,1-6H3/t14-/m1/s1. The first-order chi connectivity index (χ1) is 7.91. The van der Waals surface area contributed by atoms with Gasteiger partial charge in [0.2, 0.25) is 8.32 Å². The number of hydrogen-bond acceptors (Lipinski definition) is 2. The molecule has 1 aliphatic heterocycles. The van der Waals surface area contributed by atoms with Gasteiger partial charge in [-0.25, -0.2) is 0 Å². The minimum absolute atomic E-state index is 0.461. The maximum atomic E-state index is 6.74. The molecule has 0 aromatic heterocycles. The summed E-state index contributed by atoms with van der Waals surface area (Å²) in [5.41, 5.74) is 2.10. The maximum absolute atomic E-state index is 6.74. The van der Waals surface area contributed by atoms with E-state index in [-0.39, 0.29) is 0 Å². The van der Waals surface area contributed by atoms with Crippen LogP contribution in [0.5, 0.6) is 0 Å². The Hall–Kier alpha value is 0.137. The summed E-state index contributed by atoms with van der Waals surface area (Å²) in [6, 6.07) is 0. The molecule has 3 heteroatoms. The van der Waals surface area contributed by atoms with E-state index >= 15 is 0 Å². The molecule has 0 aliphatic carbocycles. The third kappa shape index (κ3) is 3.33. The summed E-state index contributed by atoms with van der Waals surface area (Å²) in [4.78, 5) is 0. The number of rotatable bonds is 5. The minimum Gasteiger partial charge on any atom is -0.412 e. The average Bonchev–Trinajstić information content (AvgIpc) is 2.25. The molecular weight excluding hydrogens is 226 g/mol. The van der Waals surface area contributed by atoms with Crippen LogP contribution in [-0.4, -0.2) is 27.5 Å². The quantitative estimate of drug-likeness (QED) is 0.754. The molecule has 1 fully saturated rings. The Morgan fingerprint density at radius 1 is 1.00 bits per heavy atom. The fraction of sp³-hybridized carbons (Fsp3) is 1.00. The highest BCUT2D eigenvalue weighted by atomic mass is 28.4. The molecule has 0 aromatic carbocycles. The molecule has 1 aliphatic rings. The van der Waals surface area contributed by atoms with Crippen molar-refractivity contribution in [3.05, 3.63) is 0 Å². The Bertz CT molecular complexity index is 200. The molecular formula is C14H31NOSi. The highest BCUT2D eigenvalue weighted by molar-refractivity contribution is 6.77. The van der Waals surface area contributed by atoms with Gasteiger partial charge in [-0.15, -0.1) is 0 Å². The first kappa shape index (κ1) is 15.2. The van der Waals surface area contributed by atoms with Gasteiger partial charge in [0.1, 0.15) is 0 Å². The van der Waals surface area contributed by atoms with Gasteiger partial charge >= 0.3 is 0 Å². The monoisotopic (exact) mass is 257 g/mol. The Balaban J connectivity index is 2.81. The van der Waals surface area contributed by atoms with Crippen molar-refractivity contribution < 1.29 is 4.43 Å². The lowest BCUT2D eigenvalue weighted by atomic mass is 10.1. The molecule has 102 valence electrons. The van der Waals surface area contributed by atoms with Crippen molar-refractivity contribution in [1.82, 2.24) is 5.32 Å². The van der Waals surface area contributed by atoms with Crippen molar-refractivity contribution in [2.24, 2.45) is 0 Å². The molecule has 17 heavy (non-hydrogen) atoms. The zero-order valence-electron chi connectivity index (χ0n) is 12.5. The molecule has 0 amide bonds. The Labute approximate surface area is 109 Å². The molecule has 0 spiro atoms. The summed E-state index contributed by atoms with van der Waals surface area (Å²) in [6.07, 6.45) is 2.97. The number of piperidine rings is 1. The summed E-state index contributed by atoms with van der Waals surface area (Å²) >= 11 is 0. The zero-order chi connectivity index (χ0) is 13.1. The van der Waals surface area contributed by atoms with Crippen molar-refractivity contribution in [3.63, 3.8) is 0 Å². The van der Waals surface area contributed by atoms with Crippen LogP contribution in [0.15, 0.2) is 0 Å². The van der Waals surface area contributed by atoms with E-state index in [1.807, 2.05) is 0 Å². The van der Waals surface area contributed by atoms with Crippen molar-refractivity contribution >= 4 is 8.32 Å². The Kier molecular flexibility index (Phi) is 5.67. The van der Waals surface area contributed by atoms with Crippen LogP contribution < -0.4 is 5.32 Å². The average molecular weight is 257 g/mol. The largest absolute Gasteiger partial charge is 0.412 e. The van der Waals surface area contributed by atoms with E-state index in [4.69, 9.17) is 4.43 Å². The van der Waals surface area contributed by atoms with E-state index < -0.39 is 8.32 Å². The number of hydrogen-bond donors (Lipinski definition) is 1. The second-order valence-corrected chi connectivity index (χ2v) is 11.8. The fourth-order valence-electron chi connectivity index (χ4n) is 3.62. The van der Waals surface area contributed by atoms with E-state index in [9.17, 15) is 0 Å². The van der Waals surface area contributed by atoms with E-state index in [2.05, 4.69) is 46.9 Å². The lowest BCUT2D eigenvalue weighted by Gasteiger charge is -2.45. The van der Waals surface area contributed by atoms with Crippen LogP contribution in [0, 0.1) is 0 Å². The van der Waals surface area contributed by atoms with Crippen LogP contribution >= 0.6 is 0 Å². The van der Waals surface area contributed by atoms with Crippen LogP contribution in [0.2, 0.25) is 16.6 Å². The van der Waals surface area contributed by atoms with Crippen LogP contribution in [0.1, 0.15) is 54.4 Å². The van der Waals surface area contributed by atoms with Gasteiger partial charge in [-0.3, -0.25) is 0 Å². The van der Waals surface area contributed by atoms with Crippen molar-refractivity contribution in [2.75, 3.05) is 13.1 Å². The van der Waals surface area contributed by atoms with Crippen LogP contribution in [0.25, 0.3) is 0 Å². The van der Waals surface area contributed by atoms with Gasteiger partial charge in [0.05, 0.1) is 6.10 Å². The molecule has 0 aromatic rings.